The van der Waals surface area contributed by atoms with Gasteiger partial charge in [0, 0.05) is 24.7 Å². The molecule has 0 bridgehead atoms. The lowest BCUT2D eigenvalue weighted by atomic mass is 10.1. The number of hydrogen-bond acceptors (Lipinski definition) is 5. The Morgan fingerprint density at radius 1 is 1.19 bits per heavy atom. The summed E-state index contributed by atoms with van der Waals surface area (Å²) in [4.78, 5) is 9.66. The molecule has 2 N–H and O–H groups in total. The summed E-state index contributed by atoms with van der Waals surface area (Å²) in [6, 6.07) is 13.7. The Bertz CT molecular complexity index is 628. The molecule has 5 nitrogen and oxygen atoms in total. The highest BCUT2D eigenvalue weighted by atomic mass is 16.7. The average Bonchev–Trinajstić information content (AvgIpc) is 3.02. The van der Waals surface area contributed by atoms with Crippen molar-refractivity contribution >= 4 is 5.71 Å². The Kier molecular flexibility index (Phi) is 4.12. The maximum absolute atomic E-state index is 5.89. The zero-order chi connectivity index (χ0) is 14.5. The molecule has 0 fully saturated rings. The number of para-hydroxylation sites is 1. The average molecular weight is 283 g/mol. The first kappa shape index (κ1) is 13.6. The van der Waals surface area contributed by atoms with Crippen molar-refractivity contribution in [1.29, 1.82) is 0 Å². The molecule has 21 heavy (non-hydrogen) atoms. The molecule has 5 heteroatoms. The van der Waals surface area contributed by atoms with Crippen LogP contribution < -0.4 is 10.5 Å². The van der Waals surface area contributed by atoms with Crippen LogP contribution in [0.5, 0.6) is 5.75 Å². The number of nitrogens with two attached hydrogens (primary N) is 1. The quantitative estimate of drug-likeness (QED) is 0.913. The number of ether oxygens (including phenoxy) is 1. The van der Waals surface area contributed by atoms with Crippen molar-refractivity contribution in [3.63, 3.8) is 0 Å². The van der Waals surface area contributed by atoms with Crippen LogP contribution in [0.4, 0.5) is 0 Å². The van der Waals surface area contributed by atoms with Gasteiger partial charge in [0.05, 0.1) is 11.4 Å². The summed E-state index contributed by atoms with van der Waals surface area (Å²) in [5, 5.41) is 3.93. The van der Waals surface area contributed by atoms with Crippen LogP contribution >= 0.6 is 0 Å². The Morgan fingerprint density at radius 3 is 2.81 bits per heavy atom. The van der Waals surface area contributed by atoms with Gasteiger partial charge >= 0.3 is 0 Å². The van der Waals surface area contributed by atoms with Crippen LogP contribution in [-0.4, -0.2) is 30.0 Å². The SMILES string of the molecule is NCC1=NOC(COc2ccccc2-c2ccccn2)C1. The van der Waals surface area contributed by atoms with Crippen molar-refractivity contribution in [1.82, 2.24) is 4.98 Å². The molecule has 1 aromatic heterocycles. The number of rotatable bonds is 5. The fourth-order valence-electron chi connectivity index (χ4n) is 2.21. The van der Waals surface area contributed by atoms with E-state index in [1.165, 1.54) is 0 Å². The first-order chi connectivity index (χ1) is 10.4. The Morgan fingerprint density at radius 2 is 2.05 bits per heavy atom. The Labute approximate surface area is 123 Å². The molecule has 3 rings (SSSR count). The number of oxime groups is 1. The standard InChI is InChI=1S/C16H17N3O2/c17-10-12-9-13(21-19-12)11-20-16-7-2-1-5-14(16)15-6-3-4-8-18-15/h1-8,13H,9-11,17H2. The monoisotopic (exact) mass is 283 g/mol. The number of benzene rings is 1. The summed E-state index contributed by atoms with van der Waals surface area (Å²) in [6.07, 6.45) is 2.43. The van der Waals surface area contributed by atoms with Crippen LogP contribution in [0.25, 0.3) is 11.3 Å². The lowest BCUT2D eigenvalue weighted by molar-refractivity contribution is 0.0472. The van der Waals surface area contributed by atoms with Crippen LogP contribution in [0.15, 0.2) is 53.8 Å². The van der Waals surface area contributed by atoms with Crippen LogP contribution in [0.2, 0.25) is 0 Å². The summed E-state index contributed by atoms with van der Waals surface area (Å²) >= 11 is 0. The maximum Gasteiger partial charge on any atom is 0.166 e. The van der Waals surface area contributed by atoms with Gasteiger partial charge < -0.3 is 15.3 Å². The van der Waals surface area contributed by atoms with E-state index in [2.05, 4.69) is 10.1 Å². The number of nitrogens with zero attached hydrogens (tertiary/aromatic N) is 2. The molecule has 0 radical (unpaired) electrons. The molecule has 0 amide bonds. The topological polar surface area (TPSA) is 69.7 Å². The zero-order valence-corrected chi connectivity index (χ0v) is 11.6. The lowest BCUT2D eigenvalue weighted by Crippen LogP contribution is -2.20. The van der Waals surface area contributed by atoms with Crippen molar-refractivity contribution in [2.45, 2.75) is 12.5 Å². The van der Waals surface area contributed by atoms with Gasteiger partial charge in [-0.15, -0.1) is 0 Å². The first-order valence-electron chi connectivity index (χ1n) is 6.91. The van der Waals surface area contributed by atoms with E-state index in [1.807, 2.05) is 42.5 Å². The normalized spacial score (nSPS) is 17.2. The molecule has 1 aliphatic rings. The van der Waals surface area contributed by atoms with Crippen molar-refractivity contribution in [2.75, 3.05) is 13.2 Å². The molecule has 0 aliphatic carbocycles. The zero-order valence-electron chi connectivity index (χ0n) is 11.6. The predicted octanol–water partition coefficient (Wildman–Crippen LogP) is 2.23. The van der Waals surface area contributed by atoms with Crippen molar-refractivity contribution in [3.05, 3.63) is 48.7 Å². The fraction of sp³-hybridized carbons (Fsp3) is 0.250. The Balaban J connectivity index is 1.69. The van der Waals surface area contributed by atoms with E-state index in [-0.39, 0.29) is 6.10 Å². The second kappa shape index (κ2) is 6.37. The van der Waals surface area contributed by atoms with E-state index < -0.39 is 0 Å². The minimum absolute atomic E-state index is 0.0691. The van der Waals surface area contributed by atoms with Crippen molar-refractivity contribution in [2.24, 2.45) is 10.9 Å². The summed E-state index contributed by atoms with van der Waals surface area (Å²) in [5.74, 6) is 0.793. The number of pyridine rings is 1. The fourth-order valence-corrected chi connectivity index (χ4v) is 2.21. The molecule has 1 aliphatic heterocycles. The molecule has 1 atom stereocenters. The van der Waals surface area contributed by atoms with Crippen molar-refractivity contribution < 1.29 is 9.57 Å². The molecule has 108 valence electrons. The van der Waals surface area contributed by atoms with Gasteiger partial charge in [0.25, 0.3) is 0 Å². The van der Waals surface area contributed by atoms with Crippen LogP contribution in [0, 0.1) is 0 Å². The van der Waals surface area contributed by atoms with E-state index in [0.717, 1.165) is 29.1 Å². The van der Waals surface area contributed by atoms with Gasteiger partial charge in [0.15, 0.2) is 6.10 Å². The van der Waals surface area contributed by atoms with Gasteiger partial charge in [0.1, 0.15) is 12.4 Å². The first-order valence-corrected chi connectivity index (χ1v) is 6.91. The van der Waals surface area contributed by atoms with Gasteiger partial charge in [-0.2, -0.15) is 0 Å². The Hall–Kier alpha value is -2.40. The van der Waals surface area contributed by atoms with E-state index >= 15 is 0 Å². The molecule has 2 heterocycles. The summed E-state index contributed by atoms with van der Waals surface area (Å²) in [7, 11) is 0. The predicted molar refractivity (Wildman–Crippen MR) is 81.1 cm³/mol. The molecular weight excluding hydrogens is 266 g/mol. The third-order valence-electron chi connectivity index (χ3n) is 3.28. The van der Waals surface area contributed by atoms with Crippen LogP contribution in [0.3, 0.4) is 0 Å². The minimum Gasteiger partial charge on any atom is -0.489 e. The smallest absolute Gasteiger partial charge is 0.166 e. The lowest BCUT2D eigenvalue weighted by Gasteiger charge is -2.13. The van der Waals surface area contributed by atoms with Crippen LogP contribution in [-0.2, 0) is 4.84 Å². The highest BCUT2D eigenvalue weighted by Gasteiger charge is 2.21. The third kappa shape index (κ3) is 3.20. The molecule has 2 aromatic rings. The molecule has 0 saturated heterocycles. The second-order valence-corrected chi connectivity index (χ2v) is 4.82. The van der Waals surface area contributed by atoms with Gasteiger partial charge in [-0.1, -0.05) is 23.4 Å². The summed E-state index contributed by atoms with van der Waals surface area (Å²) in [6.45, 7) is 0.873. The number of hydrogen-bond donors (Lipinski definition) is 1. The van der Waals surface area contributed by atoms with Gasteiger partial charge in [-0.25, -0.2) is 0 Å². The third-order valence-corrected chi connectivity index (χ3v) is 3.28. The highest BCUT2D eigenvalue weighted by molar-refractivity contribution is 5.87. The summed E-state index contributed by atoms with van der Waals surface area (Å²) < 4.78 is 5.89. The van der Waals surface area contributed by atoms with E-state index in [0.29, 0.717) is 13.2 Å². The van der Waals surface area contributed by atoms with Crippen LogP contribution in [0.1, 0.15) is 6.42 Å². The largest absolute Gasteiger partial charge is 0.489 e. The van der Waals surface area contributed by atoms with Crippen molar-refractivity contribution in [3.8, 4) is 17.0 Å². The minimum atomic E-state index is -0.0691. The molecule has 1 aromatic carbocycles. The van der Waals surface area contributed by atoms with E-state index in [9.17, 15) is 0 Å². The number of aromatic nitrogens is 1. The molecule has 1 unspecified atom stereocenters. The molecular formula is C16H17N3O2. The molecule has 0 spiro atoms. The van der Waals surface area contributed by atoms with E-state index in [4.69, 9.17) is 15.3 Å². The maximum atomic E-state index is 5.89. The highest BCUT2D eigenvalue weighted by Crippen LogP contribution is 2.28. The van der Waals surface area contributed by atoms with E-state index in [1.54, 1.807) is 6.20 Å². The molecule has 0 saturated carbocycles. The van der Waals surface area contributed by atoms with Gasteiger partial charge in [-0.05, 0) is 24.3 Å². The summed E-state index contributed by atoms with van der Waals surface area (Å²) in [5.41, 5.74) is 8.28. The second-order valence-electron chi connectivity index (χ2n) is 4.82. The van der Waals surface area contributed by atoms with Gasteiger partial charge in [-0.3, -0.25) is 4.98 Å². The van der Waals surface area contributed by atoms with Gasteiger partial charge in [0.2, 0.25) is 0 Å².